The van der Waals surface area contributed by atoms with Crippen LogP contribution in [0.2, 0.25) is 0 Å². The van der Waals surface area contributed by atoms with E-state index in [0.717, 1.165) is 58.4 Å². The van der Waals surface area contributed by atoms with E-state index in [-0.39, 0.29) is 5.91 Å². The third-order valence-electron chi connectivity index (χ3n) is 7.11. The molecule has 3 aromatic carbocycles. The molecule has 0 N–H and O–H groups in total. The number of carbonyl (C=O) groups excluding carboxylic acids is 1. The fourth-order valence-electron chi connectivity index (χ4n) is 4.80. The van der Waals surface area contributed by atoms with Gasteiger partial charge in [0.25, 0.3) is 0 Å². The van der Waals surface area contributed by atoms with Crippen molar-refractivity contribution in [2.75, 3.05) is 32.9 Å². The number of amides is 1. The highest BCUT2D eigenvalue weighted by Gasteiger charge is 2.16. The van der Waals surface area contributed by atoms with Crippen LogP contribution in [-0.4, -0.2) is 59.8 Å². The average molecular weight is 611 g/mol. The summed E-state index contributed by atoms with van der Waals surface area (Å²) in [4.78, 5) is 28.7. The molecule has 224 valence electrons. The first-order valence-corrected chi connectivity index (χ1v) is 17.0. The zero-order valence-corrected chi connectivity index (χ0v) is 27.3. The second-order valence-corrected chi connectivity index (χ2v) is 12.5. The average Bonchev–Trinajstić information content (AvgIpc) is 3.50. The Labute approximate surface area is 265 Å². The lowest BCUT2D eigenvalue weighted by Crippen LogP contribution is -2.32. The Morgan fingerprint density at radius 3 is 2.21 bits per heavy atom. The zero-order valence-electron chi connectivity index (χ0n) is 25.7. The normalized spacial score (nSPS) is 11.9. The van der Waals surface area contributed by atoms with Gasteiger partial charge in [-0.25, -0.2) is 4.98 Å². The van der Waals surface area contributed by atoms with Crippen molar-refractivity contribution in [2.24, 2.45) is 4.99 Å². The summed E-state index contributed by atoms with van der Waals surface area (Å²) in [5.74, 6) is 0.142. The highest BCUT2D eigenvalue weighted by molar-refractivity contribution is 8.07. The molecule has 0 fully saturated rings. The summed E-state index contributed by atoms with van der Waals surface area (Å²) in [7, 11) is 2.12. The van der Waals surface area contributed by atoms with Crippen LogP contribution in [0.3, 0.4) is 0 Å². The first-order valence-electron chi connectivity index (χ1n) is 14.9. The monoisotopic (exact) mass is 610 g/mol. The van der Waals surface area contributed by atoms with Crippen LogP contribution in [0, 0.1) is 0 Å². The molecular weight excluding hydrogens is 569 g/mol. The third kappa shape index (κ3) is 9.75. The van der Waals surface area contributed by atoms with E-state index in [1.54, 1.807) is 23.1 Å². The van der Waals surface area contributed by atoms with Crippen LogP contribution in [-0.2, 0) is 17.8 Å². The Bertz CT molecular complexity index is 1480. The number of thioether (sulfide) groups is 1. The topological polar surface area (TPSA) is 48.8 Å². The molecule has 0 radical (unpaired) electrons. The predicted molar refractivity (Wildman–Crippen MR) is 187 cm³/mol. The lowest BCUT2D eigenvalue weighted by Gasteiger charge is -2.21. The molecule has 0 saturated carbocycles. The van der Waals surface area contributed by atoms with Crippen molar-refractivity contribution in [3.63, 3.8) is 0 Å². The van der Waals surface area contributed by atoms with Gasteiger partial charge >= 0.3 is 0 Å². The molecule has 1 amide bonds. The maximum Gasteiger partial charge on any atom is 0.227 e. The van der Waals surface area contributed by atoms with Crippen LogP contribution in [0.5, 0.6) is 0 Å². The highest BCUT2D eigenvalue weighted by atomic mass is 32.2. The van der Waals surface area contributed by atoms with E-state index in [1.807, 2.05) is 53.8 Å². The van der Waals surface area contributed by atoms with Gasteiger partial charge in [-0.2, -0.15) is 0 Å². The second-order valence-electron chi connectivity index (χ2n) is 10.5. The molecule has 0 unspecified atom stereocenters. The van der Waals surface area contributed by atoms with Crippen molar-refractivity contribution in [3.05, 3.63) is 107 Å². The van der Waals surface area contributed by atoms with E-state index < -0.39 is 0 Å². The number of rotatable bonds is 15. The number of benzene rings is 3. The van der Waals surface area contributed by atoms with Gasteiger partial charge in [0.1, 0.15) is 5.01 Å². The Kier molecular flexibility index (Phi) is 12.8. The molecule has 0 aliphatic rings. The first-order chi connectivity index (χ1) is 21.0. The lowest BCUT2D eigenvalue weighted by atomic mass is 10.0. The number of aromatic nitrogens is 1. The fourth-order valence-corrected chi connectivity index (χ4v) is 6.28. The number of nitrogens with zero attached hydrogens (tertiary/aromatic N) is 4. The van der Waals surface area contributed by atoms with Crippen LogP contribution in [0.4, 0.5) is 0 Å². The molecule has 0 saturated heterocycles. The SMILES string of the molecule is CCCN(C)C/C=N/C=C(\SC)c1ccc(-c2ccc(-c3cnc(CN(CCC)C(=O)Cc4ccccc4)s3)cc2)cc1. The van der Waals surface area contributed by atoms with Gasteiger partial charge in [-0.1, -0.05) is 92.7 Å². The molecule has 4 rings (SSSR count). The van der Waals surface area contributed by atoms with Gasteiger partial charge in [0.05, 0.1) is 17.8 Å². The fraction of sp³-hybridized carbons (Fsp3) is 0.306. The molecule has 0 spiro atoms. The van der Waals surface area contributed by atoms with Gasteiger partial charge in [-0.05, 0) is 60.5 Å². The predicted octanol–water partition coefficient (Wildman–Crippen LogP) is 8.53. The number of carbonyl (C=O) groups is 1. The van der Waals surface area contributed by atoms with Gasteiger partial charge in [-0.3, -0.25) is 9.79 Å². The first kappa shape index (κ1) is 32.4. The minimum atomic E-state index is 0.142. The molecule has 0 aliphatic heterocycles. The number of aliphatic imine (C=N–C) groups is 1. The minimum absolute atomic E-state index is 0.142. The van der Waals surface area contributed by atoms with E-state index in [1.165, 1.54) is 16.7 Å². The van der Waals surface area contributed by atoms with E-state index in [9.17, 15) is 4.79 Å². The van der Waals surface area contributed by atoms with Gasteiger partial charge in [0.2, 0.25) is 5.91 Å². The van der Waals surface area contributed by atoms with E-state index >= 15 is 0 Å². The summed E-state index contributed by atoms with van der Waals surface area (Å²) in [6.07, 6.45) is 10.4. The Hall–Kier alpha value is -3.52. The van der Waals surface area contributed by atoms with Crippen molar-refractivity contribution >= 4 is 40.1 Å². The number of hydrogen-bond donors (Lipinski definition) is 0. The molecule has 4 aromatic rings. The van der Waals surface area contributed by atoms with Crippen LogP contribution in [0.25, 0.3) is 26.5 Å². The van der Waals surface area contributed by atoms with Crippen molar-refractivity contribution in [3.8, 4) is 21.6 Å². The van der Waals surface area contributed by atoms with Crippen molar-refractivity contribution in [1.82, 2.24) is 14.8 Å². The van der Waals surface area contributed by atoms with Gasteiger partial charge < -0.3 is 9.80 Å². The summed E-state index contributed by atoms with van der Waals surface area (Å²) in [5, 5.41) is 0.958. The molecule has 0 atom stereocenters. The smallest absolute Gasteiger partial charge is 0.227 e. The quantitative estimate of drug-likeness (QED) is 0.127. The molecule has 5 nitrogen and oxygen atoms in total. The molecule has 43 heavy (non-hydrogen) atoms. The lowest BCUT2D eigenvalue weighted by molar-refractivity contribution is -0.131. The largest absolute Gasteiger partial charge is 0.336 e. The number of thiazole rings is 1. The van der Waals surface area contributed by atoms with Crippen LogP contribution in [0.1, 0.15) is 42.8 Å². The Balaban J connectivity index is 1.38. The van der Waals surface area contributed by atoms with Crippen LogP contribution >= 0.6 is 23.1 Å². The maximum atomic E-state index is 13.0. The van der Waals surface area contributed by atoms with Crippen LogP contribution < -0.4 is 0 Å². The standard InChI is InChI=1S/C36H42N4OS2/c1-5-21-39(3)23-20-37-25-33(42-4)31-16-12-29(13-17-31)30-14-18-32(19-15-30)34-26-38-35(43-34)27-40(22-6-2)36(41)24-28-10-8-7-9-11-28/h7-20,25-26H,5-6,21-24,27H2,1-4H3/b33-25-,37-20+. The van der Waals surface area contributed by atoms with Crippen molar-refractivity contribution < 1.29 is 4.79 Å². The van der Waals surface area contributed by atoms with E-state index in [4.69, 9.17) is 0 Å². The minimum Gasteiger partial charge on any atom is -0.336 e. The van der Waals surface area contributed by atoms with Crippen molar-refractivity contribution in [2.45, 2.75) is 39.7 Å². The molecule has 0 aliphatic carbocycles. The summed E-state index contributed by atoms with van der Waals surface area (Å²) >= 11 is 3.37. The summed E-state index contributed by atoms with van der Waals surface area (Å²) in [6, 6.07) is 27.3. The summed E-state index contributed by atoms with van der Waals surface area (Å²) in [5.41, 5.74) is 5.70. The van der Waals surface area contributed by atoms with E-state index in [2.05, 4.69) is 90.6 Å². The molecule has 1 heterocycles. The van der Waals surface area contributed by atoms with Crippen molar-refractivity contribution in [1.29, 1.82) is 0 Å². The highest BCUT2D eigenvalue weighted by Crippen LogP contribution is 2.31. The Morgan fingerprint density at radius 2 is 1.56 bits per heavy atom. The van der Waals surface area contributed by atoms with Gasteiger partial charge in [0.15, 0.2) is 0 Å². The molecular formula is C36H42N4OS2. The molecule has 7 heteroatoms. The molecule has 1 aromatic heterocycles. The van der Waals surface area contributed by atoms with Gasteiger partial charge in [0, 0.05) is 36.6 Å². The van der Waals surface area contributed by atoms with Gasteiger partial charge in [-0.15, -0.1) is 23.1 Å². The zero-order chi connectivity index (χ0) is 30.4. The summed E-state index contributed by atoms with van der Waals surface area (Å²) < 4.78 is 0. The number of hydrogen-bond acceptors (Lipinski definition) is 6. The van der Waals surface area contributed by atoms with E-state index in [0.29, 0.717) is 13.0 Å². The third-order valence-corrected chi connectivity index (χ3v) is 8.92. The second kappa shape index (κ2) is 16.9. The maximum absolute atomic E-state index is 13.0. The Morgan fingerprint density at radius 1 is 0.907 bits per heavy atom. The van der Waals surface area contributed by atoms with Crippen LogP contribution in [0.15, 0.2) is 96.3 Å². The molecule has 0 bridgehead atoms. The summed E-state index contributed by atoms with van der Waals surface area (Å²) in [6.45, 7) is 7.50.